The standard InChI is InChI=1S/C16H20N4O3S/c1-11(21)17-8-15(22)20-5-2-3-12(9-20)7-14-18-16(19-23-14)13-4-6-24-10-13/h4,6,10,12H,2-3,5,7-9H2,1H3,(H,17,21)/t12-/m0/s1. The summed E-state index contributed by atoms with van der Waals surface area (Å²) >= 11 is 1.59. The van der Waals surface area contributed by atoms with E-state index < -0.39 is 0 Å². The zero-order valence-corrected chi connectivity index (χ0v) is 14.3. The third kappa shape index (κ3) is 4.19. The monoisotopic (exact) mass is 348 g/mol. The molecular formula is C16H20N4O3S. The number of thiophene rings is 1. The number of nitrogens with zero attached hydrogens (tertiary/aromatic N) is 3. The maximum absolute atomic E-state index is 12.1. The predicted octanol–water partition coefficient (Wildman–Crippen LogP) is 1.72. The van der Waals surface area contributed by atoms with Gasteiger partial charge in [0.05, 0.1) is 6.54 Å². The van der Waals surface area contributed by atoms with E-state index in [1.165, 1.54) is 6.92 Å². The lowest BCUT2D eigenvalue weighted by Crippen LogP contribution is -2.45. The number of rotatable bonds is 5. The number of hydrogen-bond acceptors (Lipinski definition) is 6. The van der Waals surface area contributed by atoms with Crippen LogP contribution in [-0.4, -0.2) is 46.5 Å². The second kappa shape index (κ2) is 7.57. The minimum Gasteiger partial charge on any atom is -0.347 e. The molecule has 8 heteroatoms. The molecule has 0 spiro atoms. The van der Waals surface area contributed by atoms with Gasteiger partial charge in [-0.15, -0.1) is 0 Å². The van der Waals surface area contributed by atoms with Gasteiger partial charge in [0.15, 0.2) is 0 Å². The van der Waals surface area contributed by atoms with Gasteiger partial charge in [-0.2, -0.15) is 16.3 Å². The molecule has 24 heavy (non-hydrogen) atoms. The van der Waals surface area contributed by atoms with Crippen molar-refractivity contribution in [1.82, 2.24) is 20.4 Å². The molecule has 3 heterocycles. The third-order valence-corrected chi connectivity index (χ3v) is 4.75. The Labute approximate surface area is 144 Å². The van der Waals surface area contributed by atoms with Crippen LogP contribution in [0.2, 0.25) is 0 Å². The van der Waals surface area contributed by atoms with Crippen LogP contribution in [0.15, 0.2) is 21.3 Å². The largest absolute Gasteiger partial charge is 0.347 e. The van der Waals surface area contributed by atoms with E-state index in [4.69, 9.17) is 4.52 Å². The van der Waals surface area contributed by atoms with Crippen LogP contribution >= 0.6 is 11.3 Å². The van der Waals surface area contributed by atoms with Crippen molar-refractivity contribution in [3.63, 3.8) is 0 Å². The average Bonchev–Trinajstić information content (AvgIpc) is 3.24. The molecule has 1 fully saturated rings. The van der Waals surface area contributed by atoms with Gasteiger partial charge in [-0.1, -0.05) is 5.16 Å². The molecule has 2 amide bonds. The summed E-state index contributed by atoms with van der Waals surface area (Å²) in [4.78, 5) is 29.3. The van der Waals surface area contributed by atoms with Gasteiger partial charge in [-0.05, 0) is 30.2 Å². The summed E-state index contributed by atoms with van der Waals surface area (Å²) in [6.45, 7) is 2.87. The lowest BCUT2D eigenvalue weighted by Gasteiger charge is -2.32. The first-order chi connectivity index (χ1) is 11.6. The summed E-state index contributed by atoms with van der Waals surface area (Å²) in [5.74, 6) is 1.29. The van der Waals surface area contributed by atoms with E-state index >= 15 is 0 Å². The summed E-state index contributed by atoms with van der Waals surface area (Å²) in [5, 5.41) is 10.5. The lowest BCUT2D eigenvalue weighted by atomic mass is 9.94. The fourth-order valence-corrected chi connectivity index (χ4v) is 3.50. The van der Waals surface area contributed by atoms with E-state index in [0.29, 0.717) is 30.6 Å². The van der Waals surface area contributed by atoms with Gasteiger partial charge in [-0.25, -0.2) is 0 Å². The molecule has 0 aromatic carbocycles. The quantitative estimate of drug-likeness (QED) is 0.889. The first-order valence-corrected chi connectivity index (χ1v) is 8.93. The van der Waals surface area contributed by atoms with Crippen molar-refractivity contribution in [2.24, 2.45) is 5.92 Å². The molecule has 0 unspecified atom stereocenters. The number of aromatic nitrogens is 2. The van der Waals surface area contributed by atoms with Crippen LogP contribution in [0.25, 0.3) is 11.4 Å². The Kier molecular flexibility index (Phi) is 5.24. The minimum absolute atomic E-state index is 0.0422. The SMILES string of the molecule is CC(=O)NCC(=O)N1CCC[C@@H](Cc2nc(-c3ccsc3)no2)C1. The number of likely N-dealkylation sites (tertiary alicyclic amines) is 1. The molecule has 2 aromatic rings. The fraction of sp³-hybridized carbons (Fsp3) is 0.500. The summed E-state index contributed by atoms with van der Waals surface area (Å²) in [7, 11) is 0. The zero-order chi connectivity index (χ0) is 16.9. The average molecular weight is 348 g/mol. The van der Waals surface area contributed by atoms with Crippen LogP contribution in [0.4, 0.5) is 0 Å². The molecule has 0 radical (unpaired) electrons. The minimum atomic E-state index is -0.191. The van der Waals surface area contributed by atoms with E-state index in [2.05, 4.69) is 15.5 Å². The number of hydrogen-bond donors (Lipinski definition) is 1. The molecule has 128 valence electrons. The molecule has 3 rings (SSSR count). The second-order valence-electron chi connectivity index (χ2n) is 5.99. The molecule has 1 aliphatic rings. The number of amides is 2. The highest BCUT2D eigenvalue weighted by Crippen LogP contribution is 2.23. The maximum Gasteiger partial charge on any atom is 0.241 e. The van der Waals surface area contributed by atoms with E-state index in [-0.39, 0.29) is 18.4 Å². The van der Waals surface area contributed by atoms with Gasteiger partial charge in [0.1, 0.15) is 0 Å². The van der Waals surface area contributed by atoms with E-state index in [0.717, 1.165) is 24.9 Å². The Morgan fingerprint density at radius 3 is 3.12 bits per heavy atom. The first kappa shape index (κ1) is 16.6. The van der Waals surface area contributed by atoms with Crippen molar-refractivity contribution in [2.45, 2.75) is 26.2 Å². The highest BCUT2D eigenvalue weighted by Gasteiger charge is 2.25. The van der Waals surface area contributed by atoms with Gasteiger partial charge >= 0.3 is 0 Å². The molecule has 0 aliphatic carbocycles. The molecular weight excluding hydrogens is 328 g/mol. The Hall–Kier alpha value is -2.22. The number of carbonyl (C=O) groups excluding carboxylic acids is 2. The van der Waals surface area contributed by atoms with Gasteiger partial charge in [0.25, 0.3) is 0 Å². The van der Waals surface area contributed by atoms with Gasteiger partial charge in [0.2, 0.25) is 23.5 Å². The Morgan fingerprint density at radius 1 is 1.50 bits per heavy atom. The summed E-state index contributed by atoms with van der Waals surface area (Å²) < 4.78 is 5.35. The van der Waals surface area contributed by atoms with Crippen molar-refractivity contribution in [3.8, 4) is 11.4 Å². The summed E-state index contributed by atoms with van der Waals surface area (Å²) in [6, 6.07) is 1.96. The summed E-state index contributed by atoms with van der Waals surface area (Å²) in [5.41, 5.74) is 0.964. The predicted molar refractivity (Wildman–Crippen MR) is 89.3 cm³/mol. The van der Waals surface area contributed by atoms with Crippen LogP contribution < -0.4 is 5.32 Å². The lowest BCUT2D eigenvalue weighted by molar-refractivity contribution is -0.134. The normalized spacial score (nSPS) is 17.7. The fourth-order valence-electron chi connectivity index (χ4n) is 2.86. The molecule has 0 bridgehead atoms. The molecule has 1 atom stereocenters. The highest BCUT2D eigenvalue weighted by atomic mass is 32.1. The Bertz CT molecular complexity index is 698. The highest BCUT2D eigenvalue weighted by molar-refractivity contribution is 7.08. The Morgan fingerprint density at radius 2 is 2.38 bits per heavy atom. The van der Waals surface area contributed by atoms with Crippen molar-refractivity contribution < 1.29 is 14.1 Å². The van der Waals surface area contributed by atoms with Crippen LogP contribution in [-0.2, 0) is 16.0 Å². The van der Waals surface area contributed by atoms with Crippen molar-refractivity contribution in [1.29, 1.82) is 0 Å². The van der Waals surface area contributed by atoms with Crippen molar-refractivity contribution >= 4 is 23.2 Å². The van der Waals surface area contributed by atoms with Crippen LogP contribution in [0.3, 0.4) is 0 Å². The molecule has 0 saturated carbocycles. The number of nitrogens with one attached hydrogen (secondary N) is 1. The van der Waals surface area contributed by atoms with Gasteiger partial charge < -0.3 is 14.7 Å². The van der Waals surface area contributed by atoms with E-state index in [9.17, 15) is 9.59 Å². The molecule has 2 aromatic heterocycles. The van der Waals surface area contributed by atoms with E-state index in [1.807, 2.05) is 16.8 Å². The molecule has 7 nitrogen and oxygen atoms in total. The Balaban J connectivity index is 1.55. The van der Waals surface area contributed by atoms with Gasteiger partial charge in [0, 0.05) is 37.4 Å². The smallest absolute Gasteiger partial charge is 0.241 e. The van der Waals surface area contributed by atoms with Crippen LogP contribution in [0.5, 0.6) is 0 Å². The van der Waals surface area contributed by atoms with Gasteiger partial charge in [-0.3, -0.25) is 9.59 Å². The molecule has 1 N–H and O–H groups in total. The van der Waals surface area contributed by atoms with Crippen LogP contribution in [0.1, 0.15) is 25.7 Å². The zero-order valence-electron chi connectivity index (χ0n) is 13.5. The maximum atomic E-state index is 12.1. The first-order valence-electron chi connectivity index (χ1n) is 7.99. The van der Waals surface area contributed by atoms with Crippen molar-refractivity contribution in [3.05, 3.63) is 22.7 Å². The molecule has 1 saturated heterocycles. The number of piperidine rings is 1. The van der Waals surface area contributed by atoms with Crippen molar-refractivity contribution in [2.75, 3.05) is 19.6 Å². The second-order valence-corrected chi connectivity index (χ2v) is 6.77. The molecule has 1 aliphatic heterocycles. The summed E-state index contributed by atoms with van der Waals surface area (Å²) in [6.07, 6.45) is 2.64. The van der Waals surface area contributed by atoms with E-state index in [1.54, 1.807) is 16.2 Å². The topological polar surface area (TPSA) is 88.3 Å². The van der Waals surface area contributed by atoms with Crippen LogP contribution in [0, 0.1) is 5.92 Å². The third-order valence-electron chi connectivity index (χ3n) is 4.07. The number of carbonyl (C=O) groups is 2.